The number of rotatable bonds is 5. The lowest BCUT2D eigenvalue weighted by Gasteiger charge is -2.33. The number of hydrogen-bond donors (Lipinski definition) is 0. The number of ether oxygens (including phenoxy) is 1. The highest BCUT2D eigenvalue weighted by molar-refractivity contribution is 9.10. The zero-order valence-electron chi connectivity index (χ0n) is 16.7. The number of fused-ring (bicyclic) bond motifs is 1. The molecule has 1 aliphatic rings. The summed E-state index contributed by atoms with van der Waals surface area (Å²) in [6, 6.07) is 13.8. The van der Waals surface area contributed by atoms with Crippen LogP contribution in [0.2, 0.25) is 0 Å². The predicted octanol–water partition coefficient (Wildman–Crippen LogP) is 3.99. The molecule has 2 aromatic heterocycles. The van der Waals surface area contributed by atoms with E-state index in [2.05, 4.69) is 39.3 Å². The third-order valence-electron chi connectivity index (χ3n) is 5.10. The minimum Gasteiger partial charge on any atom is -0.368 e. The largest absolute Gasteiger partial charge is 0.368 e. The number of carbonyl (C=O) groups excluding carboxylic acids is 1. The van der Waals surface area contributed by atoms with Crippen LogP contribution < -0.4 is 0 Å². The Morgan fingerprint density at radius 3 is 2.83 bits per heavy atom. The van der Waals surface area contributed by atoms with Gasteiger partial charge in [0.2, 0.25) is 5.91 Å². The summed E-state index contributed by atoms with van der Waals surface area (Å²) in [5, 5.41) is 0. The van der Waals surface area contributed by atoms with Gasteiger partial charge in [0.25, 0.3) is 0 Å². The van der Waals surface area contributed by atoms with Crippen molar-refractivity contribution in [2.45, 2.75) is 32.9 Å². The molecule has 4 rings (SSSR count). The number of amides is 1. The van der Waals surface area contributed by atoms with Gasteiger partial charge >= 0.3 is 0 Å². The highest BCUT2D eigenvalue weighted by Crippen LogP contribution is 2.23. The lowest BCUT2D eigenvalue weighted by atomic mass is 10.1. The smallest absolute Gasteiger partial charge is 0.242 e. The normalized spacial score (nSPS) is 17.2. The summed E-state index contributed by atoms with van der Waals surface area (Å²) in [4.78, 5) is 24.3. The van der Waals surface area contributed by atoms with E-state index in [0.29, 0.717) is 32.2 Å². The number of carbonyl (C=O) groups is 1. The summed E-state index contributed by atoms with van der Waals surface area (Å²) >= 11 is 3.41. The molecule has 1 aliphatic heterocycles. The van der Waals surface area contributed by atoms with Crippen molar-refractivity contribution in [3.8, 4) is 0 Å². The number of benzene rings is 1. The first-order chi connectivity index (χ1) is 14.0. The molecule has 1 aromatic carbocycles. The van der Waals surface area contributed by atoms with Crippen LogP contribution in [-0.2, 0) is 22.5 Å². The average Bonchev–Trinajstić information content (AvgIpc) is 3.04. The SMILES string of the molecule is CC(C)Cc1nc2ccccc2n1CC(=O)N1CCO[C@@H](c2cccc(Br)n2)C1. The van der Waals surface area contributed by atoms with Crippen LogP contribution in [0.1, 0.15) is 31.5 Å². The van der Waals surface area contributed by atoms with Crippen LogP contribution in [-0.4, -0.2) is 45.0 Å². The van der Waals surface area contributed by atoms with E-state index >= 15 is 0 Å². The van der Waals surface area contributed by atoms with E-state index in [1.165, 1.54) is 0 Å². The van der Waals surface area contributed by atoms with Gasteiger partial charge < -0.3 is 14.2 Å². The zero-order valence-corrected chi connectivity index (χ0v) is 18.3. The minimum atomic E-state index is -0.208. The quantitative estimate of drug-likeness (QED) is 0.544. The van der Waals surface area contributed by atoms with Gasteiger partial charge in [-0.25, -0.2) is 9.97 Å². The molecule has 0 unspecified atom stereocenters. The van der Waals surface area contributed by atoms with Crippen LogP contribution in [0.25, 0.3) is 11.0 Å². The number of aromatic nitrogens is 3. The molecule has 0 radical (unpaired) electrons. The molecule has 0 spiro atoms. The van der Waals surface area contributed by atoms with Crippen LogP contribution in [0, 0.1) is 5.92 Å². The molecule has 1 amide bonds. The summed E-state index contributed by atoms with van der Waals surface area (Å²) in [5.74, 6) is 1.52. The number of imidazole rings is 1. The fourth-order valence-electron chi connectivity index (χ4n) is 3.72. The van der Waals surface area contributed by atoms with Gasteiger partial charge in [0.1, 0.15) is 23.1 Å². The Balaban J connectivity index is 1.54. The van der Waals surface area contributed by atoms with E-state index in [4.69, 9.17) is 9.72 Å². The lowest BCUT2D eigenvalue weighted by molar-refractivity contribution is -0.139. The molecule has 1 fully saturated rings. The van der Waals surface area contributed by atoms with Crippen molar-refractivity contribution >= 4 is 32.9 Å². The molecule has 29 heavy (non-hydrogen) atoms. The van der Waals surface area contributed by atoms with E-state index in [-0.39, 0.29) is 12.0 Å². The Morgan fingerprint density at radius 1 is 1.21 bits per heavy atom. The first kappa shape index (κ1) is 20.0. The number of halogens is 1. The zero-order chi connectivity index (χ0) is 20.4. The fourth-order valence-corrected chi connectivity index (χ4v) is 4.07. The maximum Gasteiger partial charge on any atom is 0.242 e. The first-order valence-electron chi connectivity index (χ1n) is 9.97. The Bertz CT molecular complexity index is 1020. The van der Waals surface area contributed by atoms with Crippen molar-refractivity contribution in [3.63, 3.8) is 0 Å². The van der Waals surface area contributed by atoms with E-state index < -0.39 is 0 Å². The molecule has 0 saturated carbocycles. The molecule has 0 N–H and O–H groups in total. The Kier molecular flexibility index (Phi) is 5.96. The average molecular weight is 457 g/mol. The van der Waals surface area contributed by atoms with Gasteiger partial charge in [-0.1, -0.05) is 32.0 Å². The maximum absolute atomic E-state index is 13.2. The standard InChI is InChI=1S/C22H25BrN4O2/c1-15(2)12-21-25-16-6-3-4-8-18(16)27(21)14-22(28)26-10-11-29-19(13-26)17-7-5-9-20(23)24-17/h3-9,15,19H,10-14H2,1-2H3/t19-/m1/s1. The van der Waals surface area contributed by atoms with Crippen molar-refractivity contribution in [2.24, 2.45) is 5.92 Å². The van der Waals surface area contributed by atoms with Crippen LogP contribution in [0.15, 0.2) is 47.1 Å². The molecule has 6 nitrogen and oxygen atoms in total. The van der Waals surface area contributed by atoms with Crippen LogP contribution in [0.3, 0.4) is 0 Å². The molecule has 3 heterocycles. The van der Waals surface area contributed by atoms with Gasteiger partial charge in [-0.05, 0) is 46.1 Å². The summed E-state index contributed by atoms with van der Waals surface area (Å²) in [5.41, 5.74) is 2.79. The van der Waals surface area contributed by atoms with Gasteiger partial charge in [0, 0.05) is 13.0 Å². The van der Waals surface area contributed by atoms with Crippen LogP contribution >= 0.6 is 15.9 Å². The minimum absolute atomic E-state index is 0.0847. The topological polar surface area (TPSA) is 60.2 Å². The second-order valence-electron chi connectivity index (χ2n) is 7.79. The maximum atomic E-state index is 13.2. The summed E-state index contributed by atoms with van der Waals surface area (Å²) in [7, 11) is 0. The van der Waals surface area contributed by atoms with E-state index in [9.17, 15) is 4.79 Å². The molecule has 1 atom stereocenters. The molecular weight excluding hydrogens is 432 g/mol. The third kappa shape index (κ3) is 4.51. The molecular formula is C22H25BrN4O2. The number of morpholine rings is 1. The summed E-state index contributed by atoms with van der Waals surface area (Å²) in [6.07, 6.45) is 0.634. The Hall–Kier alpha value is -2.25. The monoisotopic (exact) mass is 456 g/mol. The Morgan fingerprint density at radius 2 is 2.03 bits per heavy atom. The van der Waals surface area contributed by atoms with Gasteiger partial charge in [-0.15, -0.1) is 0 Å². The fraction of sp³-hybridized carbons (Fsp3) is 0.409. The van der Waals surface area contributed by atoms with Crippen LogP contribution in [0.5, 0.6) is 0 Å². The van der Waals surface area contributed by atoms with Crippen molar-refractivity contribution < 1.29 is 9.53 Å². The van der Waals surface area contributed by atoms with E-state index in [0.717, 1.165) is 33.6 Å². The summed E-state index contributed by atoms with van der Waals surface area (Å²) < 4.78 is 8.72. The second kappa shape index (κ2) is 8.63. The highest BCUT2D eigenvalue weighted by atomic mass is 79.9. The molecule has 3 aromatic rings. The van der Waals surface area contributed by atoms with Crippen molar-refractivity contribution in [3.05, 3.63) is 58.6 Å². The summed E-state index contributed by atoms with van der Waals surface area (Å²) in [6.45, 7) is 6.24. The molecule has 7 heteroatoms. The highest BCUT2D eigenvalue weighted by Gasteiger charge is 2.27. The number of nitrogens with zero attached hydrogens (tertiary/aromatic N) is 4. The number of hydrogen-bond acceptors (Lipinski definition) is 4. The second-order valence-corrected chi connectivity index (χ2v) is 8.60. The van der Waals surface area contributed by atoms with Gasteiger partial charge in [0.15, 0.2) is 0 Å². The van der Waals surface area contributed by atoms with Crippen LogP contribution in [0.4, 0.5) is 0 Å². The van der Waals surface area contributed by atoms with Crippen molar-refractivity contribution in [1.82, 2.24) is 19.4 Å². The van der Waals surface area contributed by atoms with Gasteiger partial charge in [0.05, 0.1) is 29.9 Å². The lowest BCUT2D eigenvalue weighted by Crippen LogP contribution is -2.44. The predicted molar refractivity (Wildman–Crippen MR) is 115 cm³/mol. The third-order valence-corrected chi connectivity index (χ3v) is 5.55. The van der Waals surface area contributed by atoms with Gasteiger partial charge in [-0.2, -0.15) is 0 Å². The van der Waals surface area contributed by atoms with Crippen molar-refractivity contribution in [2.75, 3.05) is 19.7 Å². The number of pyridine rings is 1. The molecule has 0 aliphatic carbocycles. The first-order valence-corrected chi connectivity index (χ1v) is 10.8. The van der Waals surface area contributed by atoms with E-state index in [1.54, 1.807) is 0 Å². The molecule has 1 saturated heterocycles. The Labute approximate surface area is 179 Å². The number of para-hydroxylation sites is 2. The van der Waals surface area contributed by atoms with Crippen molar-refractivity contribution in [1.29, 1.82) is 0 Å². The van der Waals surface area contributed by atoms with E-state index in [1.807, 2.05) is 47.4 Å². The molecule has 0 bridgehead atoms. The molecule has 152 valence electrons. The van der Waals surface area contributed by atoms with Gasteiger partial charge in [-0.3, -0.25) is 4.79 Å².